The minimum atomic E-state index is -3.36. The molecule has 0 amide bonds. The molecule has 31 heavy (non-hydrogen) atoms. The number of nitrogens with zero attached hydrogens (tertiary/aromatic N) is 2. The maximum absolute atomic E-state index is 12.3. The molecule has 0 aromatic rings. The smallest absolute Gasteiger partial charge is 0.213 e. The van der Waals surface area contributed by atoms with Crippen LogP contribution < -0.4 is 10.0 Å². The molecule has 1 atom stereocenters. The third-order valence-electron chi connectivity index (χ3n) is 5.35. The zero-order chi connectivity index (χ0) is 21.7. The predicted molar refractivity (Wildman–Crippen MR) is 134 cm³/mol. The third kappa shape index (κ3) is 12.0. The summed E-state index contributed by atoms with van der Waals surface area (Å²) in [5.74, 6) is 0.759. The zero-order valence-electron chi connectivity index (χ0n) is 19.0. The highest BCUT2D eigenvalue weighted by Crippen LogP contribution is 2.14. The maximum atomic E-state index is 12.3. The normalized spacial score (nSPS) is 21.0. The average Bonchev–Trinajstić information content (AvgIpc) is 2.76. The first-order chi connectivity index (χ1) is 14.5. The highest BCUT2D eigenvalue weighted by atomic mass is 127. The van der Waals surface area contributed by atoms with Crippen molar-refractivity contribution in [2.75, 3.05) is 65.4 Å². The molecule has 2 N–H and O–H groups in total. The molecule has 2 aliphatic heterocycles. The Morgan fingerprint density at radius 2 is 1.97 bits per heavy atom. The van der Waals surface area contributed by atoms with Crippen molar-refractivity contribution in [2.24, 2.45) is 4.99 Å². The van der Waals surface area contributed by atoms with Gasteiger partial charge in [0, 0.05) is 53.1 Å². The van der Waals surface area contributed by atoms with E-state index in [1.54, 1.807) is 7.11 Å². The SMILES string of the molecule is CCNC(=NCCS(=O)(=O)NCC1CCCCO1)N1CCC(OCCCOC)CC1.I. The Morgan fingerprint density at radius 1 is 1.19 bits per heavy atom. The van der Waals surface area contributed by atoms with Crippen molar-refractivity contribution in [3.05, 3.63) is 0 Å². The van der Waals surface area contributed by atoms with Crippen molar-refractivity contribution in [1.82, 2.24) is 14.9 Å². The molecule has 0 saturated carbocycles. The van der Waals surface area contributed by atoms with Crippen LogP contribution in [0.3, 0.4) is 0 Å². The number of methoxy groups -OCH3 is 1. The number of rotatable bonds is 12. The van der Waals surface area contributed by atoms with Gasteiger partial charge in [0.05, 0.1) is 24.5 Å². The van der Waals surface area contributed by atoms with E-state index >= 15 is 0 Å². The Hall–Kier alpha value is -0.210. The summed E-state index contributed by atoms with van der Waals surface area (Å²) >= 11 is 0. The predicted octanol–water partition coefficient (Wildman–Crippen LogP) is 1.58. The molecule has 11 heteroatoms. The first kappa shape index (κ1) is 28.8. The highest BCUT2D eigenvalue weighted by molar-refractivity contribution is 14.0. The van der Waals surface area contributed by atoms with Crippen molar-refractivity contribution in [1.29, 1.82) is 0 Å². The minimum Gasteiger partial charge on any atom is -0.385 e. The fraction of sp³-hybridized carbons (Fsp3) is 0.950. The van der Waals surface area contributed by atoms with Crippen molar-refractivity contribution in [3.63, 3.8) is 0 Å². The molecule has 2 fully saturated rings. The van der Waals surface area contributed by atoms with E-state index < -0.39 is 10.0 Å². The van der Waals surface area contributed by atoms with E-state index in [0.29, 0.717) is 6.54 Å². The van der Waals surface area contributed by atoms with Crippen LogP contribution in [0.1, 0.15) is 45.4 Å². The molecule has 0 aromatic carbocycles. The lowest BCUT2D eigenvalue weighted by molar-refractivity contribution is 0.00991. The van der Waals surface area contributed by atoms with E-state index in [2.05, 4.69) is 19.9 Å². The number of hydrogen-bond acceptors (Lipinski definition) is 6. The van der Waals surface area contributed by atoms with E-state index in [1.807, 2.05) is 6.92 Å². The van der Waals surface area contributed by atoms with Crippen molar-refractivity contribution in [2.45, 2.75) is 57.7 Å². The summed E-state index contributed by atoms with van der Waals surface area (Å²) in [6, 6.07) is 0. The summed E-state index contributed by atoms with van der Waals surface area (Å²) in [5.41, 5.74) is 0. The van der Waals surface area contributed by atoms with Crippen LogP contribution in [0.2, 0.25) is 0 Å². The van der Waals surface area contributed by atoms with Gasteiger partial charge in [-0.15, -0.1) is 24.0 Å². The Morgan fingerprint density at radius 3 is 2.61 bits per heavy atom. The first-order valence-corrected chi connectivity index (χ1v) is 12.9. The van der Waals surface area contributed by atoms with Gasteiger partial charge in [0.1, 0.15) is 0 Å². The fourth-order valence-corrected chi connectivity index (χ4v) is 4.56. The number of ether oxygens (including phenoxy) is 3. The fourth-order valence-electron chi connectivity index (χ4n) is 3.65. The van der Waals surface area contributed by atoms with Crippen LogP contribution in [-0.2, 0) is 24.2 Å². The molecular weight excluding hydrogens is 535 g/mol. The van der Waals surface area contributed by atoms with E-state index in [9.17, 15) is 8.42 Å². The lowest BCUT2D eigenvalue weighted by Gasteiger charge is -2.34. The summed E-state index contributed by atoms with van der Waals surface area (Å²) < 4.78 is 43.8. The monoisotopic (exact) mass is 576 g/mol. The number of sulfonamides is 1. The summed E-state index contributed by atoms with van der Waals surface area (Å²) in [4.78, 5) is 6.74. The van der Waals surface area contributed by atoms with Gasteiger partial charge in [-0.2, -0.15) is 0 Å². The van der Waals surface area contributed by atoms with E-state index in [0.717, 1.165) is 83.9 Å². The van der Waals surface area contributed by atoms with E-state index in [-0.39, 0.29) is 48.5 Å². The average molecular weight is 577 g/mol. The molecule has 2 aliphatic rings. The number of halogens is 1. The number of piperidine rings is 1. The van der Waals surface area contributed by atoms with Gasteiger partial charge in [-0.3, -0.25) is 4.99 Å². The topological polar surface area (TPSA) is 101 Å². The van der Waals surface area contributed by atoms with Crippen LogP contribution in [0.4, 0.5) is 0 Å². The first-order valence-electron chi connectivity index (χ1n) is 11.3. The minimum absolute atomic E-state index is 0. The molecule has 2 rings (SSSR count). The molecule has 1 unspecified atom stereocenters. The Bertz CT molecular complexity index is 594. The standard InChI is InChI=1S/C20H40N4O5S.HI/c1-3-21-20(24-11-8-18(9-12-24)28-15-6-13-27-2)22-10-16-30(25,26)23-17-19-7-4-5-14-29-19;/h18-19,23H,3-17H2,1-2H3,(H,21,22);1H. The molecule has 0 radical (unpaired) electrons. The van der Waals surface area contributed by atoms with Crippen LogP contribution in [0.5, 0.6) is 0 Å². The Balaban J connectivity index is 0.00000480. The molecule has 184 valence electrons. The van der Waals surface area contributed by atoms with Crippen molar-refractivity contribution in [3.8, 4) is 0 Å². The quantitative estimate of drug-likeness (QED) is 0.158. The summed E-state index contributed by atoms with van der Waals surface area (Å²) in [6.45, 7) is 7.22. The van der Waals surface area contributed by atoms with Gasteiger partial charge in [-0.05, 0) is 45.4 Å². The van der Waals surface area contributed by atoms with E-state index in [4.69, 9.17) is 14.2 Å². The van der Waals surface area contributed by atoms with Crippen molar-refractivity contribution >= 4 is 40.0 Å². The summed E-state index contributed by atoms with van der Waals surface area (Å²) in [6.07, 6.45) is 6.13. The molecule has 2 saturated heterocycles. The van der Waals surface area contributed by atoms with Crippen LogP contribution in [0.25, 0.3) is 0 Å². The van der Waals surface area contributed by atoms with Gasteiger partial charge < -0.3 is 24.4 Å². The number of guanidine groups is 1. The molecule has 0 spiro atoms. The third-order valence-corrected chi connectivity index (χ3v) is 6.68. The molecule has 2 heterocycles. The van der Waals surface area contributed by atoms with Crippen LogP contribution in [-0.4, -0.2) is 96.9 Å². The highest BCUT2D eigenvalue weighted by Gasteiger charge is 2.22. The molecular formula is C20H41IN4O5S. The molecule has 9 nitrogen and oxygen atoms in total. The largest absolute Gasteiger partial charge is 0.385 e. The summed E-state index contributed by atoms with van der Waals surface area (Å²) in [7, 11) is -1.66. The van der Waals surface area contributed by atoms with Gasteiger partial charge in [0.15, 0.2) is 5.96 Å². The lowest BCUT2D eigenvalue weighted by Crippen LogP contribution is -2.47. The van der Waals surface area contributed by atoms with E-state index in [1.165, 1.54) is 0 Å². The number of nitrogens with one attached hydrogen (secondary N) is 2. The number of aliphatic imine (C=N–C) groups is 1. The van der Waals surface area contributed by atoms with Crippen LogP contribution in [0, 0.1) is 0 Å². The van der Waals surface area contributed by atoms with Crippen LogP contribution in [0.15, 0.2) is 4.99 Å². The van der Waals surface area contributed by atoms with Gasteiger partial charge in [-0.25, -0.2) is 13.1 Å². The van der Waals surface area contributed by atoms with Gasteiger partial charge in [0.25, 0.3) is 0 Å². The maximum Gasteiger partial charge on any atom is 0.213 e. The number of hydrogen-bond donors (Lipinski definition) is 2. The summed E-state index contributed by atoms with van der Waals surface area (Å²) in [5, 5.41) is 3.28. The molecule has 0 bridgehead atoms. The zero-order valence-corrected chi connectivity index (χ0v) is 22.2. The second-order valence-corrected chi connectivity index (χ2v) is 9.72. The Labute approximate surface area is 205 Å². The van der Waals surface area contributed by atoms with Crippen LogP contribution >= 0.6 is 24.0 Å². The molecule has 0 aromatic heterocycles. The number of likely N-dealkylation sites (tertiary alicyclic amines) is 1. The van der Waals surface area contributed by atoms with Gasteiger partial charge in [0.2, 0.25) is 10.0 Å². The second kappa shape index (κ2) is 16.4. The van der Waals surface area contributed by atoms with Gasteiger partial charge >= 0.3 is 0 Å². The lowest BCUT2D eigenvalue weighted by atomic mass is 10.1. The Kier molecular flexibility index (Phi) is 15.3. The molecule has 0 aliphatic carbocycles. The van der Waals surface area contributed by atoms with Crippen molar-refractivity contribution < 1.29 is 22.6 Å². The second-order valence-electron chi connectivity index (χ2n) is 7.80. The van der Waals surface area contributed by atoms with Gasteiger partial charge in [-0.1, -0.05) is 0 Å².